The van der Waals surface area contributed by atoms with Crippen molar-refractivity contribution < 1.29 is 4.79 Å². The fourth-order valence-electron chi connectivity index (χ4n) is 4.49. The van der Waals surface area contributed by atoms with Crippen molar-refractivity contribution in [2.75, 3.05) is 5.32 Å². The van der Waals surface area contributed by atoms with Crippen LogP contribution in [0.3, 0.4) is 0 Å². The number of carbonyl (C=O) groups excluding carboxylic acids is 1. The van der Waals surface area contributed by atoms with Crippen LogP contribution in [0.5, 0.6) is 0 Å². The second-order valence-corrected chi connectivity index (χ2v) is 7.67. The number of hydrogen-bond donors (Lipinski definition) is 2. The molecule has 1 amide bonds. The molecule has 1 heterocycles. The van der Waals surface area contributed by atoms with Gasteiger partial charge in [0.1, 0.15) is 6.33 Å². The molecule has 2 bridgehead atoms. The number of aromatic nitrogens is 3. The van der Waals surface area contributed by atoms with Gasteiger partial charge in [0.25, 0.3) is 0 Å². The van der Waals surface area contributed by atoms with E-state index in [-0.39, 0.29) is 23.6 Å². The van der Waals surface area contributed by atoms with E-state index in [1.54, 1.807) is 19.2 Å². The van der Waals surface area contributed by atoms with Crippen LogP contribution in [0.15, 0.2) is 35.4 Å². The van der Waals surface area contributed by atoms with Crippen molar-refractivity contribution in [3.8, 4) is 5.69 Å². The number of aryl methyl sites for hydroxylation is 1. The predicted octanol–water partition coefficient (Wildman–Crippen LogP) is 1.66. The maximum atomic E-state index is 12.7. The van der Waals surface area contributed by atoms with E-state index in [0.717, 1.165) is 31.4 Å². The number of benzene rings is 1. The van der Waals surface area contributed by atoms with Crippen molar-refractivity contribution in [1.82, 2.24) is 14.3 Å². The lowest BCUT2D eigenvalue weighted by Crippen LogP contribution is -2.48. The van der Waals surface area contributed by atoms with Gasteiger partial charge < -0.3 is 11.1 Å². The van der Waals surface area contributed by atoms with Gasteiger partial charge in [-0.1, -0.05) is 6.42 Å². The third-order valence-electron chi connectivity index (χ3n) is 5.99. The predicted molar refractivity (Wildman–Crippen MR) is 99.0 cm³/mol. The molecule has 2 unspecified atom stereocenters. The first-order valence-electron chi connectivity index (χ1n) is 9.30. The smallest absolute Gasteiger partial charge is 0.327 e. The van der Waals surface area contributed by atoms with Crippen molar-refractivity contribution in [2.24, 2.45) is 30.5 Å². The molecular formula is C19H25N5O2. The van der Waals surface area contributed by atoms with Gasteiger partial charge in [0.2, 0.25) is 5.91 Å². The molecule has 4 rings (SSSR count). The Morgan fingerprint density at radius 2 is 1.85 bits per heavy atom. The van der Waals surface area contributed by atoms with Crippen LogP contribution in [0.25, 0.3) is 5.69 Å². The number of fused-ring (bicyclic) bond motifs is 2. The highest BCUT2D eigenvalue weighted by molar-refractivity contribution is 5.92. The standard InChI is InChI=1S/C19H25N5O2/c1-23-11-21-24(19(23)26)16-7-5-15(6-8-16)22-18(25)14-9-12-3-2-4-13(10-14)17(12)20/h5-8,11-14,17H,2-4,9-10,20H2,1H3,(H,22,25). The van der Waals surface area contributed by atoms with Crippen molar-refractivity contribution in [1.29, 1.82) is 0 Å². The maximum Gasteiger partial charge on any atom is 0.350 e. The quantitative estimate of drug-likeness (QED) is 0.875. The summed E-state index contributed by atoms with van der Waals surface area (Å²) in [5, 5.41) is 7.08. The zero-order valence-electron chi connectivity index (χ0n) is 15.0. The van der Waals surface area contributed by atoms with Crippen LogP contribution < -0.4 is 16.7 Å². The monoisotopic (exact) mass is 355 g/mol. The van der Waals surface area contributed by atoms with E-state index in [4.69, 9.17) is 5.73 Å². The van der Waals surface area contributed by atoms with Gasteiger partial charge in [-0.15, -0.1) is 0 Å². The number of amides is 1. The molecule has 2 atom stereocenters. The van der Waals surface area contributed by atoms with Crippen LogP contribution in [-0.4, -0.2) is 26.3 Å². The fraction of sp³-hybridized carbons (Fsp3) is 0.526. The Bertz CT molecular complexity index is 840. The van der Waals surface area contributed by atoms with Gasteiger partial charge in [-0.25, -0.2) is 4.79 Å². The van der Waals surface area contributed by atoms with Gasteiger partial charge in [-0.2, -0.15) is 9.78 Å². The number of nitrogens with zero attached hydrogens (tertiary/aromatic N) is 3. The molecule has 2 saturated carbocycles. The summed E-state index contributed by atoms with van der Waals surface area (Å²) in [5.41, 5.74) is 7.53. The second-order valence-electron chi connectivity index (χ2n) is 7.67. The molecule has 1 aromatic heterocycles. The first kappa shape index (κ1) is 17.0. The minimum Gasteiger partial charge on any atom is -0.327 e. The van der Waals surface area contributed by atoms with Crippen LogP contribution in [-0.2, 0) is 11.8 Å². The molecule has 1 aromatic carbocycles. The third-order valence-corrected chi connectivity index (χ3v) is 5.99. The molecular weight excluding hydrogens is 330 g/mol. The van der Waals surface area contributed by atoms with Crippen molar-refractivity contribution in [3.05, 3.63) is 41.1 Å². The van der Waals surface area contributed by atoms with E-state index in [1.807, 2.05) is 12.1 Å². The van der Waals surface area contributed by atoms with Gasteiger partial charge in [0, 0.05) is 24.7 Å². The van der Waals surface area contributed by atoms with Gasteiger partial charge in [-0.3, -0.25) is 9.36 Å². The SMILES string of the molecule is Cn1cnn(-c2ccc(NC(=O)C3CC4CCCC(C3)C4N)cc2)c1=O. The highest BCUT2D eigenvalue weighted by Gasteiger charge is 2.40. The lowest BCUT2D eigenvalue weighted by atomic mass is 9.65. The highest BCUT2D eigenvalue weighted by Crippen LogP contribution is 2.42. The number of carbonyl (C=O) groups is 1. The molecule has 0 radical (unpaired) electrons. The number of nitrogens with two attached hydrogens (primary N) is 1. The number of hydrogen-bond acceptors (Lipinski definition) is 4. The minimum atomic E-state index is -0.202. The Morgan fingerprint density at radius 3 is 2.42 bits per heavy atom. The van der Waals surface area contributed by atoms with E-state index < -0.39 is 0 Å². The molecule has 2 fully saturated rings. The van der Waals surface area contributed by atoms with Crippen LogP contribution in [0, 0.1) is 17.8 Å². The number of anilines is 1. The lowest BCUT2D eigenvalue weighted by Gasteiger charge is -2.43. The molecule has 0 saturated heterocycles. The second kappa shape index (κ2) is 6.72. The first-order chi connectivity index (χ1) is 12.5. The van der Waals surface area contributed by atoms with Crippen LogP contribution in [0.4, 0.5) is 5.69 Å². The maximum absolute atomic E-state index is 12.7. The Morgan fingerprint density at radius 1 is 1.19 bits per heavy atom. The van der Waals surface area contributed by atoms with E-state index in [2.05, 4.69) is 10.4 Å². The molecule has 7 nitrogen and oxygen atoms in total. The van der Waals surface area contributed by atoms with Gasteiger partial charge in [0.15, 0.2) is 0 Å². The summed E-state index contributed by atoms with van der Waals surface area (Å²) in [5.74, 6) is 1.09. The summed E-state index contributed by atoms with van der Waals surface area (Å²) in [4.78, 5) is 24.6. The first-order valence-corrected chi connectivity index (χ1v) is 9.30. The molecule has 7 heteroatoms. The number of nitrogens with one attached hydrogen (secondary N) is 1. The lowest BCUT2D eigenvalue weighted by molar-refractivity contribution is -0.122. The van der Waals surface area contributed by atoms with Gasteiger partial charge in [0.05, 0.1) is 5.69 Å². The molecule has 2 aliphatic carbocycles. The van der Waals surface area contributed by atoms with E-state index in [1.165, 1.54) is 22.0 Å². The molecule has 138 valence electrons. The average molecular weight is 355 g/mol. The van der Waals surface area contributed by atoms with Gasteiger partial charge >= 0.3 is 5.69 Å². The van der Waals surface area contributed by atoms with Crippen molar-refractivity contribution >= 4 is 11.6 Å². The summed E-state index contributed by atoms with van der Waals surface area (Å²) in [7, 11) is 1.66. The largest absolute Gasteiger partial charge is 0.350 e. The summed E-state index contributed by atoms with van der Waals surface area (Å²) in [6.45, 7) is 0. The summed E-state index contributed by atoms with van der Waals surface area (Å²) in [6, 6.07) is 7.46. The molecule has 0 spiro atoms. The summed E-state index contributed by atoms with van der Waals surface area (Å²) < 4.78 is 2.75. The molecule has 2 aliphatic rings. The zero-order valence-corrected chi connectivity index (χ0v) is 15.0. The topological polar surface area (TPSA) is 94.9 Å². The van der Waals surface area contributed by atoms with Crippen molar-refractivity contribution in [2.45, 2.75) is 38.1 Å². The van der Waals surface area contributed by atoms with Crippen LogP contribution in [0.1, 0.15) is 32.1 Å². The Labute approximate surface area is 152 Å². The summed E-state index contributed by atoms with van der Waals surface area (Å²) in [6.07, 6.45) is 6.80. The molecule has 3 N–H and O–H groups in total. The summed E-state index contributed by atoms with van der Waals surface area (Å²) >= 11 is 0. The Hall–Kier alpha value is -2.41. The third kappa shape index (κ3) is 3.07. The van der Waals surface area contributed by atoms with E-state index in [9.17, 15) is 9.59 Å². The molecule has 2 aromatic rings. The van der Waals surface area contributed by atoms with Crippen LogP contribution >= 0.6 is 0 Å². The minimum absolute atomic E-state index is 0.0446. The molecule has 26 heavy (non-hydrogen) atoms. The number of rotatable bonds is 3. The van der Waals surface area contributed by atoms with E-state index >= 15 is 0 Å². The van der Waals surface area contributed by atoms with Crippen molar-refractivity contribution in [3.63, 3.8) is 0 Å². The zero-order chi connectivity index (χ0) is 18.3. The highest BCUT2D eigenvalue weighted by atomic mass is 16.2. The Kier molecular flexibility index (Phi) is 4.40. The van der Waals surface area contributed by atoms with Gasteiger partial charge in [-0.05, 0) is 61.8 Å². The molecule has 0 aliphatic heterocycles. The normalized spacial score (nSPS) is 27.9. The average Bonchev–Trinajstić information content (AvgIpc) is 2.94. The fourth-order valence-corrected chi connectivity index (χ4v) is 4.49. The van der Waals surface area contributed by atoms with E-state index in [0.29, 0.717) is 17.5 Å². The van der Waals surface area contributed by atoms with Crippen LogP contribution in [0.2, 0.25) is 0 Å². The Balaban J connectivity index is 1.43.